The van der Waals surface area contributed by atoms with Gasteiger partial charge in [0.1, 0.15) is 18.7 Å². The Morgan fingerprint density at radius 2 is 1.44 bits per heavy atom. The van der Waals surface area contributed by atoms with Crippen LogP contribution in [0.5, 0.6) is 0 Å². The molecule has 0 radical (unpaired) electrons. The Balaban J connectivity index is 1.49. The number of nitrogens with two attached hydrogens (primary N) is 1. The predicted molar refractivity (Wildman–Crippen MR) is 160 cm³/mol. The van der Waals surface area contributed by atoms with Gasteiger partial charge in [0.15, 0.2) is 6.10 Å². The predicted octanol–water partition coefficient (Wildman–Crippen LogP) is 2.08. The number of fused-ring (bicyclic) bond motifs is 1. The molecule has 4 aromatic rings. The second-order valence-electron chi connectivity index (χ2n) is 10.2. The number of hydrogen-bond donors (Lipinski definition) is 6. The number of nitrogens with one attached hydrogen (secondary N) is 4. The maximum atomic E-state index is 13.7. The number of hydrogen-bond acceptors (Lipinski definition) is 6. The van der Waals surface area contributed by atoms with Crippen molar-refractivity contribution in [2.75, 3.05) is 0 Å². The highest BCUT2D eigenvalue weighted by atomic mass is 16.5. The van der Waals surface area contributed by atoms with Crippen molar-refractivity contribution in [2.45, 2.75) is 50.6 Å². The first kappa shape index (κ1) is 30.8. The molecular weight excluding hydrogens is 550 g/mol. The first-order chi connectivity index (χ1) is 20.7. The molecule has 224 valence electrons. The number of H-pyrrole nitrogens is 1. The van der Waals surface area contributed by atoms with Gasteiger partial charge in [-0.1, -0.05) is 78.9 Å². The molecule has 0 aliphatic heterocycles. The fraction of sp³-hybridized carbons (Fsp3) is 0.250. The highest BCUT2D eigenvalue weighted by molar-refractivity contribution is 5.92. The summed E-state index contributed by atoms with van der Waals surface area (Å²) in [4.78, 5) is 54.2. The average molecular weight is 586 g/mol. The molecule has 11 nitrogen and oxygen atoms in total. The summed E-state index contributed by atoms with van der Waals surface area (Å²) >= 11 is 0. The average Bonchev–Trinajstić information content (AvgIpc) is 3.42. The highest BCUT2D eigenvalue weighted by Gasteiger charge is 2.31. The Kier molecular flexibility index (Phi) is 10.5. The standard InChI is InChI=1S/C32H35N5O6/c1-20(35-32(42)43-19-22-12-6-3-7-13-22)30(40)37-27(17-23-18-34-25-15-9-8-14-24(23)25)31(41)36-26(28(38)29(33)39)16-21-10-4-2-5-11-21/h2-15,18,20,26-28,34,38H,16-17,19H2,1H3,(H2,33,39)(H,35,42)(H,36,41)(H,37,40). The van der Waals surface area contributed by atoms with Crippen LogP contribution in [-0.4, -0.2) is 58.1 Å². The molecule has 4 amide bonds. The molecule has 0 aliphatic rings. The van der Waals surface area contributed by atoms with E-state index in [4.69, 9.17) is 10.5 Å². The van der Waals surface area contributed by atoms with Crippen LogP contribution in [-0.2, 0) is 38.6 Å². The quantitative estimate of drug-likeness (QED) is 0.140. The Bertz CT molecular complexity index is 1540. The third-order valence-corrected chi connectivity index (χ3v) is 6.97. The second kappa shape index (κ2) is 14.6. The minimum Gasteiger partial charge on any atom is -0.445 e. The Morgan fingerprint density at radius 1 is 0.814 bits per heavy atom. The summed E-state index contributed by atoms with van der Waals surface area (Å²) in [7, 11) is 0. The van der Waals surface area contributed by atoms with E-state index in [0.717, 1.165) is 27.6 Å². The van der Waals surface area contributed by atoms with Crippen LogP contribution in [0.15, 0.2) is 91.1 Å². The lowest BCUT2D eigenvalue weighted by Crippen LogP contribution is -2.58. The Labute approximate surface area is 248 Å². The third-order valence-electron chi connectivity index (χ3n) is 6.97. The van der Waals surface area contributed by atoms with Crippen molar-refractivity contribution in [1.29, 1.82) is 0 Å². The fourth-order valence-electron chi connectivity index (χ4n) is 4.62. The van der Waals surface area contributed by atoms with Crippen molar-refractivity contribution in [1.82, 2.24) is 20.9 Å². The van der Waals surface area contributed by atoms with Gasteiger partial charge in [0, 0.05) is 23.5 Å². The Morgan fingerprint density at radius 3 is 2.12 bits per heavy atom. The monoisotopic (exact) mass is 585 g/mol. The number of aromatic amines is 1. The zero-order chi connectivity index (χ0) is 30.8. The van der Waals surface area contributed by atoms with Crippen molar-refractivity contribution in [3.63, 3.8) is 0 Å². The molecule has 0 saturated heterocycles. The van der Waals surface area contributed by atoms with E-state index in [1.54, 1.807) is 42.6 Å². The third kappa shape index (κ3) is 8.66. The lowest BCUT2D eigenvalue weighted by atomic mass is 9.99. The molecule has 1 aromatic heterocycles. The number of amides is 4. The number of aromatic nitrogens is 1. The van der Waals surface area contributed by atoms with Crippen LogP contribution in [0.3, 0.4) is 0 Å². The van der Waals surface area contributed by atoms with Crippen molar-refractivity contribution in [3.05, 3.63) is 108 Å². The van der Waals surface area contributed by atoms with Crippen molar-refractivity contribution < 1.29 is 29.0 Å². The number of carbonyl (C=O) groups excluding carboxylic acids is 4. The number of aliphatic hydroxyl groups is 1. The summed E-state index contributed by atoms with van der Waals surface area (Å²) in [5.74, 6) is -2.27. The molecule has 0 saturated carbocycles. The molecule has 0 fully saturated rings. The summed E-state index contributed by atoms with van der Waals surface area (Å²) in [6.07, 6.45) is -0.516. The van der Waals surface area contributed by atoms with Gasteiger partial charge in [-0.2, -0.15) is 0 Å². The van der Waals surface area contributed by atoms with E-state index in [1.165, 1.54) is 6.92 Å². The van der Waals surface area contributed by atoms with Gasteiger partial charge in [-0.05, 0) is 36.1 Å². The number of primary amides is 1. The molecule has 1 heterocycles. The maximum Gasteiger partial charge on any atom is 0.408 e. The van der Waals surface area contributed by atoms with Gasteiger partial charge in [0.05, 0.1) is 6.04 Å². The van der Waals surface area contributed by atoms with Gasteiger partial charge in [-0.15, -0.1) is 0 Å². The normalized spacial score (nSPS) is 13.7. The number of aliphatic hydroxyl groups excluding tert-OH is 1. The van der Waals surface area contributed by atoms with E-state index >= 15 is 0 Å². The molecule has 11 heteroatoms. The molecular formula is C32H35N5O6. The molecule has 4 unspecified atom stereocenters. The number of para-hydroxylation sites is 1. The van der Waals surface area contributed by atoms with Gasteiger partial charge in [0.25, 0.3) is 0 Å². The summed E-state index contributed by atoms with van der Waals surface area (Å²) in [6.45, 7) is 1.49. The van der Waals surface area contributed by atoms with E-state index in [-0.39, 0.29) is 19.4 Å². The summed E-state index contributed by atoms with van der Waals surface area (Å²) in [5, 5.41) is 19.3. The number of alkyl carbamates (subject to hydrolysis) is 1. The SMILES string of the molecule is CC(NC(=O)OCc1ccccc1)C(=O)NC(Cc1c[nH]c2ccccc12)C(=O)NC(Cc1ccccc1)C(O)C(N)=O. The Hall–Kier alpha value is -5.16. The van der Waals surface area contributed by atoms with Crippen LogP contribution in [0.4, 0.5) is 4.79 Å². The highest BCUT2D eigenvalue weighted by Crippen LogP contribution is 2.19. The van der Waals surface area contributed by atoms with E-state index in [0.29, 0.717) is 0 Å². The fourth-order valence-corrected chi connectivity index (χ4v) is 4.62. The smallest absolute Gasteiger partial charge is 0.408 e. The van der Waals surface area contributed by atoms with E-state index in [2.05, 4.69) is 20.9 Å². The van der Waals surface area contributed by atoms with Crippen LogP contribution < -0.4 is 21.7 Å². The number of carbonyl (C=O) groups is 4. The lowest BCUT2D eigenvalue weighted by Gasteiger charge is -2.26. The molecule has 7 N–H and O–H groups in total. The lowest BCUT2D eigenvalue weighted by molar-refractivity contribution is -0.132. The number of ether oxygens (including phenoxy) is 1. The van der Waals surface area contributed by atoms with Crippen LogP contribution in [0.25, 0.3) is 10.9 Å². The first-order valence-electron chi connectivity index (χ1n) is 13.9. The van der Waals surface area contributed by atoms with Crippen LogP contribution in [0.1, 0.15) is 23.6 Å². The molecule has 0 bridgehead atoms. The molecule has 0 aliphatic carbocycles. The summed E-state index contributed by atoms with van der Waals surface area (Å²) in [5.41, 5.74) is 8.53. The van der Waals surface area contributed by atoms with E-state index < -0.39 is 48.0 Å². The van der Waals surface area contributed by atoms with Crippen LogP contribution in [0.2, 0.25) is 0 Å². The maximum absolute atomic E-state index is 13.7. The first-order valence-corrected chi connectivity index (χ1v) is 13.9. The molecule has 4 rings (SSSR count). The summed E-state index contributed by atoms with van der Waals surface area (Å²) in [6, 6.07) is 22.4. The number of rotatable bonds is 13. The topological polar surface area (TPSA) is 176 Å². The van der Waals surface area contributed by atoms with Gasteiger partial charge in [-0.25, -0.2) is 4.79 Å². The van der Waals surface area contributed by atoms with Crippen molar-refractivity contribution >= 4 is 34.7 Å². The minimum absolute atomic E-state index is 0.0254. The van der Waals surface area contributed by atoms with Gasteiger partial charge >= 0.3 is 6.09 Å². The van der Waals surface area contributed by atoms with Crippen molar-refractivity contribution in [3.8, 4) is 0 Å². The van der Waals surface area contributed by atoms with E-state index in [9.17, 15) is 24.3 Å². The largest absolute Gasteiger partial charge is 0.445 e. The van der Waals surface area contributed by atoms with Gasteiger partial charge in [-0.3, -0.25) is 14.4 Å². The van der Waals surface area contributed by atoms with Crippen molar-refractivity contribution in [2.24, 2.45) is 5.73 Å². The number of benzene rings is 3. The summed E-state index contributed by atoms with van der Waals surface area (Å²) < 4.78 is 5.21. The second-order valence-corrected chi connectivity index (χ2v) is 10.2. The van der Waals surface area contributed by atoms with Gasteiger partial charge < -0.3 is 36.5 Å². The van der Waals surface area contributed by atoms with Crippen LogP contribution in [0, 0.1) is 0 Å². The zero-order valence-corrected chi connectivity index (χ0v) is 23.7. The van der Waals surface area contributed by atoms with Crippen LogP contribution >= 0.6 is 0 Å². The zero-order valence-electron chi connectivity index (χ0n) is 23.7. The van der Waals surface area contributed by atoms with E-state index in [1.807, 2.05) is 48.5 Å². The molecule has 4 atom stereocenters. The molecule has 0 spiro atoms. The molecule has 43 heavy (non-hydrogen) atoms. The minimum atomic E-state index is -1.67. The van der Waals surface area contributed by atoms with Gasteiger partial charge in [0.2, 0.25) is 17.7 Å². The molecule has 3 aromatic carbocycles.